The number of hydrogen-bond donors (Lipinski definition) is 1. The first-order chi connectivity index (χ1) is 13.3. The SMILES string of the molecule is CC[C@@H](C(=O)N(C)[C@@H](C)[C@@H](O)c1ccccc1)c1cc(OC)c(C)c(OC)c1. The van der Waals surface area contributed by atoms with E-state index in [0.717, 1.165) is 16.7 Å². The summed E-state index contributed by atoms with van der Waals surface area (Å²) in [6.07, 6.45) is -0.123. The molecule has 0 aliphatic rings. The number of likely N-dealkylation sites (N-methyl/N-ethyl adjacent to an activating group) is 1. The fraction of sp³-hybridized carbons (Fsp3) is 0.435. The first-order valence-electron chi connectivity index (χ1n) is 9.57. The number of benzene rings is 2. The van der Waals surface area contributed by atoms with Crippen LogP contribution in [0.15, 0.2) is 42.5 Å². The van der Waals surface area contributed by atoms with Crippen LogP contribution in [0.5, 0.6) is 11.5 Å². The molecule has 0 aliphatic carbocycles. The van der Waals surface area contributed by atoms with E-state index in [4.69, 9.17) is 9.47 Å². The van der Waals surface area contributed by atoms with E-state index in [9.17, 15) is 9.90 Å². The monoisotopic (exact) mass is 385 g/mol. The van der Waals surface area contributed by atoms with Crippen LogP contribution in [-0.4, -0.2) is 43.2 Å². The van der Waals surface area contributed by atoms with Gasteiger partial charge in [0.1, 0.15) is 11.5 Å². The second-order valence-electron chi connectivity index (χ2n) is 7.06. The van der Waals surface area contributed by atoms with E-state index in [1.165, 1.54) is 0 Å². The molecule has 0 heterocycles. The molecule has 0 aromatic heterocycles. The van der Waals surface area contributed by atoms with Crippen molar-refractivity contribution in [1.82, 2.24) is 4.90 Å². The van der Waals surface area contributed by atoms with E-state index < -0.39 is 6.10 Å². The minimum absolute atomic E-state index is 0.0436. The van der Waals surface area contributed by atoms with E-state index in [-0.39, 0.29) is 17.9 Å². The van der Waals surface area contributed by atoms with Crippen LogP contribution in [0, 0.1) is 6.92 Å². The summed E-state index contributed by atoms with van der Waals surface area (Å²) in [5, 5.41) is 10.7. The smallest absolute Gasteiger partial charge is 0.230 e. The molecular formula is C23H31NO4. The number of hydrogen-bond acceptors (Lipinski definition) is 4. The fourth-order valence-corrected chi connectivity index (χ4v) is 3.45. The van der Waals surface area contributed by atoms with Gasteiger partial charge in [0.05, 0.1) is 32.3 Å². The minimum atomic E-state index is -0.755. The van der Waals surface area contributed by atoms with Gasteiger partial charge in [-0.3, -0.25) is 4.79 Å². The summed E-state index contributed by atoms with van der Waals surface area (Å²) in [6, 6.07) is 12.8. The summed E-state index contributed by atoms with van der Waals surface area (Å²) >= 11 is 0. The standard InChI is InChI=1S/C23H31NO4/c1-7-19(18-13-20(27-5)15(2)21(14-18)28-6)23(26)24(4)16(3)22(25)17-11-9-8-10-12-17/h8-14,16,19,22,25H,7H2,1-6H3/t16-,19+,22+/m0/s1. The van der Waals surface area contributed by atoms with Crippen LogP contribution in [0.4, 0.5) is 0 Å². The van der Waals surface area contributed by atoms with Gasteiger partial charge in [0.2, 0.25) is 5.91 Å². The summed E-state index contributed by atoms with van der Waals surface area (Å²) < 4.78 is 10.9. The molecule has 0 spiro atoms. The van der Waals surface area contributed by atoms with E-state index in [0.29, 0.717) is 17.9 Å². The zero-order valence-corrected chi connectivity index (χ0v) is 17.6. The number of carbonyl (C=O) groups is 1. The third kappa shape index (κ3) is 4.47. The summed E-state index contributed by atoms with van der Waals surface area (Å²) in [6.45, 7) is 5.76. The molecule has 5 heteroatoms. The highest BCUT2D eigenvalue weighted by Gasteiger charge is 2.30. The van der Waals surface area contributed by atoms with Crippen LogP contribution in [0.25, 0.3) is 0 Å². The largest absolute Gasteiger partial charge is 0.496 e. The van der Waals surface area contributed by atoms with Gasteiger partial charge < -0.3 is 19.5 Å². The van der Waals surface area contributed by atoms with Crippen molar-refractivity contribution in [2.45, 2.75) is 45.3 Å². The van der Waals surface area contributed by atoms with Crippen LogP contribution in [0.3, 0.4) is 0 Å². The number of nitrogens with zero attached hydrogens (tertiary/aromatic N) is 1. The van der Waals surface area contributed by atoms with Crippen molar-refractivity contribution in [3.8, 4) is 11.5 Å². The Hall–Kier alpha value is -2.53. The summed E-state index contributed by atoms with van der Waals surface area (Å²) in [5.41, 5.74) is 2.54. The van der Waals surface area contributed by atoms with Crippen molar-refractivity contribution in [2.24, 2.45) is 0 Å². The highest BCUT2D eigenvalue weighted by atomic mass is 16.5. The molecule has 2 aromatic carbocycles. The van der Waals surface area contributed by atoms with Gasteiger partial charge >= 0.3 is 0 Å². The van der Waals surface area contributed by atoms with E-state index in [1.807, 2.05) is 63.2 Å². The molecule has 0 saturated carbocycles. The second kappa shape index (κ2) is 9.60. The normalized spacial score (nSPS) is 14.1. The molecule has 1 amide bonds. The van der Waals surface area contributed by atoms with Crippen molar-refractivity contribution < 1.29 is 19.4 Å². The van der Waals surface area contributed by atoms with Gasteiger partial charge in [-0.1, -0.05) is 37.3 Å². The van der Waals surface area contributed by atoms with Gasteiger partial charge in [-0.15, -0.1) is 0 Å². The third-order valence-corrected chi connectivity index (χ3v) is 5.44. The number of methoxy groups -OCH3 is 2. The topological polar surface area (TPSA) is 59.0 Å². The first kappa shape index (κ1) is 21.8. The van der Waals surface area contributed by atoms with Gasteiger partial charge in [0.25, 0.3) is 0 Å². The zero-order valence-electron chi connectivity index (χ0n) is 17.6. The molecule has 0 radical (unpaired) electrons. The lowest BCUT2D eigenvalue weighted by molar-refractivity contribution is -0.135. The molecule has 3 atom stereocenters. The van der Waals surface area contributed by atoms with E-state index >= 15 is 0 Å². The summed E-state index contributed by atoms with van der Waals surface area (Å²) in [5.74, 6) is 0.998. The summed E-state index contributed by atoms with van der Waals surface area (Å²) in [7, 11) is 4.96. The van der Waals surface area contributed by atoms with Gasteiger partial charge in [-0.05, 0) is 43.5 Å². The van der Waals surface area contributed by atoms with Gasteiger partial charge in [0, 0.05) is 12.6 Å². The van der Waals surface area contributed by atoms with Crippen LogP contribution in [0.2, 0.25) is 0 Å². The molecule has 2 rings (SSSR count). The highest BCUT2D eigenvalue weighted by Crippen LogP contribution is 2.35. The van der Waals surface area contributed by atoms with Gasteiger partial charge in [-0.25, -0.2) is 0 Å². The number of aliphatic hydroxyl groups excluding tert-OH is 1. The molecule has 0 saturated heterocycles. The maximum atomic E-state index is 13.3. The van der Waals surface area contributed by atoms with Crippen LogP contribution >= 0.6 is 0 Å². The highest BCUT2D eigenvalue weighted by molar-refractivity contribution is 5.84. The Morgan fingerprint density at radius 1 is 1.07 bits per heavy atom. The van der Waals surface area contributed by atoms with E-state index in [2.05, 4.69) is 0 Å². The Morgan fingerprint density at radius 2 is 1.61 bits per heavy atom. The predicted octanol–water partition coefficient (Wildman–Crippen LogP) is 4.09. The molecule has 28 heavy (non-hydrogen) atoms. The lowest BCUT2D eigenvalue weighted by atomic mass is 9.92. The van der Waals surface area contributed by atoms with Gasteiger partial charge in [-0.2, -0.15) is 0 Å². The minimum Gasteiger partial charge on any atom is -0.496 e. The Labute approximate surface area is 167 Å². The maximum absolute atomic E-state index is 13.3. The molecule has 2 aromatic rings. The van der Waals surface area contributed by atoms with Crippen molar-refractivity contribution in [3.05, 3.63) is 59.2 Å². The van der Waals surface area contributed by atoms with Crippen LogP contribution in [0.1, 0.15) is 49.0 Å². The van der Waals surface area contributed by atoms with Crippen LogP contribution in [-0.2, 0) is 4.79 Å². The first-order valence-corrected chi connectivity index (χ1v) is 9.57. The Balaban J connectivity index is 2.29. The lowest BCUT2D eigenvalue weighted by Crippen LogP contribution is -2.41. The maximum Gasteiger partial charge on any atom is 0.230 e. The van der Waals surface area contributed by atoms with Crippen molar-refractivity contribution in [2.75, 3.05) is 21.3 Å². The molecular weight excluding hydrogens is 354 g/mol. The molecule has 0 aliphatic heterocycles. The number of rotatable bonds is 8. The number of ether oxygens (including phenoxy) is 2. The van der Waals surface area contributed by atoms with E-state index in [1.54, 1.807) is 26.2 Å². The quantitative estimate of drug-likeness (QED) is 0.744. The Morgan fingerprint density at radius 3 is 2.07 bits per heavy atom. The Kier molecular flexibility index (Phi) is 7.46. The van der Waals surface area contributed by atoms with Crippen molar-refractivity contribution in [1.29, 1.82) is 0 Å². The van der Waals surface area contributed by atoms with Crippen molar-refractivity contribution in [3.63, 3.8) is 0 Å². The molecule has 0 bridgehead atoms. The molecule has 5 nitrogen and oxygen atoms in total. The molecule has 0 unspecified atom stereocenters. The Bertz CT molecular complexity index is 765. The molecule has 152 valence electrons. The zero-order chi connectivity index (χ0) is 20.8. The average molecular weight is 386 g/mol. The number of amides is 1. The predicted molar refractivity (Wildman–Crippen MR) is 111 cm³/mol. The summed E-state index contributed by atoms with van der Waals surface area (Å²) in [4.78, 5) is 14.9. The number of carbonyl (C=O) groups excluding carboxylic acids is 1. The second-order valence-corrected chi connectivity index (χ2v) is 7.06. The average Bonchev–Trinajstić information content (AvgIpc) is 2.73. The lowest BCUT2D eigenvalue weighted by Gasteiger charge is -2.32. The molecule has 1 N–H and O–H groups in total. The van der Waals surface area contributed by atoms with Crippen LogP contribution < -0.4 is 9.47 Å². The number of aliphatic hydroxyl groups is 1. The van der Waals surface area contributed by atoms with Gasteiger partial charge in [0.15, 0.2) is 0 Å². The molecule has 0 fully saturated rings. The fourth-order valence-electron chi connectivity index (χ4n) is 3.45. The third-order valence-electron chi connectivity index (χ3n) is 5.44. The van der Waals surface area contributed by atoms with Crippen molar-refractivity contribution >= 4 is 5.91 Å².